The molecule has 0 aromatic rings. The second kappa shape index (κ2) is 48.9. The first-order valence-corrected chi connectivity index (χ1v) is 27.8. The second-order valence-electron chi connectivity index (χ2n) is 19.9. The highest BCUT2D eigenvalue weighted by Crippen LogP contribution is 2.18. The molecule has 6 nitrogen and oxygen atoms in total. The Morgan fingerprint density at radius 3 is 0.919 bits per heavy atom. The van der Waals surface area contributed by atoms with Crippen LogP contribution in [0.3, 0.4) is 0 Å². The Morgan fingerprint density at radius 1 is 0.339 bits per heavy atom. The summed E-state index contributed by atoms with van der Waals surface area (Å²) in [6.07, 6.45) is 50.8. The van der Waals surface area contributed by atoms with Crippen molar-refractivity contribution in [2.75, 3.05) is 13.2 Å². The quantitative estimate of drug-likeness (QED) is 0.0344. The van der Waals surface area contributed by atoms with Crippen molar-refractivity contribution in [1.82, 2.24) is 0 Å². The van der Waals surface area contributed by atoms with Gasteiger partial charge in [-0.05, 0) is 31.1 Å². The minimum absolute atomic E-state index is 0.0631. The number of hydrogen-bond donors (Lipinski definition) is 0. The average molecular weight is 877 g/mol. The van der Waals surface area contributed by atoms with Crippen LogP contribution in [0.5, 0.6) is 0 Å². The number of ether oxygens (including phenoxy) is 3. The van der Waals surface area contributed by atoms with E-state index in [0.29, 0.717) is 19.3 Å². The maximum Gasteiger partial charge on any atom is 0.306 e. The number of hydrogen-bond acceptors (Lipinski definition) is 6. The van der Waals surface area contributed by atoms with Gasteiger partial charge in [0.15, 0.2) is 6.10 Å². The van der Waals surface area contributed by atoms with E-state index in [2.05, 4.69) is 34.6 Å². The first-order chi connectivity index (χ1) is 30.3. The van der Waals surface area contributed by atoms with E-state index in [0.717, 1.165) is 69.6 Å². The van der Waals surface area contributed by atoms with Crippen molar-refractivity contribution in [1.29, 1.82) is 0 Å². The van der Waals surface area contributed by atoms with Crippen molar-refractivity contribution in [3.05, 3.63) is 0 Å². The van der Waals surface area contributed by atoms with Crippen LogP contribution in [-0.4, -0.2) is 37.2 Å². The van der Waals surface area contributed by atoms with Gasteiger partial charge in [0.25, 0.3) is 0 Å². The third-order valence-corrected chi connectivity index (χ3v) is 13.1. The van der Waals surface area contributed by atoms with Crippen LogP contribution in [0.25, 0.3) is 0 Å². The summed E-state index contributed by atoms with van der Waals surface area (Å²) in [7, 11) is 0. The second-order valence-corrected chi connectivity index (χ2v) is 19.9. The molecule has 0 saturated carbocycles. The van der Waals surface area contributed by atoms with Crippen molar-refractivity contribution in [2.24, 2.45) is 11.8 Å². The minimum Gasteiger partial charge on any atom is -0.462 e. The normalized spacial score (nSPS) is 12.5. The molecular weight excluding hydrogens is 769 g/mol. The van der Waals surface area contributed by atoms with E-state index >= 15 is 0 Å². The zero-order chi connectivity index (χ0) is 45.4. The molecule has 2 atom stereocenters. The first kappa shape index (κ1) is 60.4. The molecule has 0 aromatic carbocycles. The molecule has 1 unspecified atom stereocenters. The SMILES string of the molecule is CCCCCCCCCCCCCCCC(=O)OC[C@@H](COC(=O)CCCCCCCCCCCCCCCCC(C)C)OC(=O)CCCCCCCCCCCCC(C)CC. The fourth-order valence-electron chi connectivity index (χ4n) is 8.49. The van der Waals surface area contributed by atoms with Crippen LogP contribution in [0.15, 0.2) is 0 Å². The van der Waals surface area contributed by atoms with Gasteiger partial charge in [0.05, 0.1) is 0 Å². The van der Waals surface area contributed by atoms with Gasteiger partial charge in [-0.15, -0.1) is 0 Å². The molecule has 0 saturated heterocycles. The van der Waals surface area contributed by atoms with E-state index in [1.807, 2.05) is 0 Å². The van der Waals surface area contributed by atoms with E-state index in [4.69, 9.17) is 14.2 Å². The largest absolute Gasteiger partial charge is 0.462 e. The Hall–Kier alpha value is -1.59. The van der Waals surface area contributed by atoms with Crippen LogP contribution < -0.4 is 0 Å². The van der Waals surface area contributed by atoms with Gasteiger partial charge in [-0.1, -0.05) is 272 Å². The molecule has 0 rings (SSSR count). The van der Waals surface area contributed by atoms with Gasteiger partial charge in [-0.25, -0.2) is 0 Å². The van der Waals surface area contributed by atoms with E-state index in [9.17, 15) is 14.4 Å². The number of esters is 3. The van der Waals surface area contributed by atoms with Crippen molar-refractivity contribution in [2.45, 2.75) is 317 Å². The lowest BCUT2D eigenvalue weighted by atomic mass is 9.99. The Bertz CT molecular complexity index is 949. The molecule has 368 valence electrons. The van der Waals surface area contributed by atoms with Crippen LogP contribution in [0, 0.1) is 11.8 Å². The predicted octanol–water partition coefficient (Wildman–Crippen LogP) is 18.1. The molecule has 0 radical (unpaired) electrons. The van der Waals surface area contributed by atoms with Crippen molar-refractivity contribution in [3.63, 3.8) is 0 Å². The smallest absolute Gasteiger partial charge is 0.306 e. The van der Waals surface area contributed by atoms with Crippen LogP contribution in [0.4, 0.5) is 0 Å². The molecule has 0 aliphatic carbocycles. The standard InChI is InChI=1S/C56H108O6/c1-6-8-9-10-11-12-13-16-20-26-31-36-41-46-54(57)60-49-53(62-56(59)48-43-38-33-28-23-22-25-30-35-40-45-52(5)7-2)50-61-55(58)47-42-37-32-27-21-18-15-14-17-19-24-29-34-39-44-51(3)4/h51-53H,6-50H2,1-5H3/t52?,53-/m0/s1. The molecule has 0 bridgehead atoms. The highest BCUT2D eigenvalue weighted by molar-refractivity contribution is 5.71. The Balaban J connectivity index is 4.30. The summed E-state index contributed by atoms with van der Waals surface area (Å²) in [6, 6.07) is 0. The Labute approximate surface area is 387 Å². The topological polar surface area (TPSA) is 78.9 Å². The number of carbonyl (C=O) groups excluding carboxylic acids is 3. The lowest BCUT2D eigenvalue weighted by Crippen LogP contribution is -2.30. The molecule has 0 N–H and O–H groups in total. The molecule has 62 heavy (non-hydrogen) atoms. The van der Waals surface area contributed by atoms with Crippen LogP contribution >= 0.6 is 0 Å². The zero-order valence-corrected chi connectivity index (χ0v) is 42.5. The molecule has 0 fully saturated rings. The highest BCUT2D eigenvalue weighted by Gasteiger charge is 2.19. The van der Waals surface area contributed by atoms with Crippen LogP contribution in [0.2, 0.25) is 0 Å². The van der Waals surface area contributed by atoms with Gasteiger partial charge in [-0.2, -0.15) is 0 Å². The molecule has 6 heteroatoms. The summed E-state index contributed by atoms with van der Waals surface area (Å²) < 4.78 is 16.9. The summed E-state index contributed by atoms with van der Waals surface area (Å²) >= 11 is 0. The summed E-state index contributed by atoms with van der Waals surface area (Å²) in [5, 5.41) is 0. The lowest BCUT2D eigenvalue weighted by Gasteiger charge is -2.18. The number of carbonyl (C=O) groups is 3. The van der Waals surface area contributed by atoms with Gasteiger partial charge in [0, 0.05) is 19.3 Å². The monoisotopic (exact) mass is 877 g/mol. The summed E-state index contributed by atoms with van der Waals surface area (Å²) in [5.74, 6) is 0.870. The number of rotatable bonds is 50. The molecule has 0 spiro atoms. The van der Waals surface area contributed by atoms with Gasteiger partial charge >= 0.3 is 17.9 Å². The van der Waals surface area contributed by atoms with Crippen molar-refractivity contribution < 1.29 is 28.6 Å². The first-order valence-electron chi connectivity index (χ1n) is 27.8. The average Bonchev–Trinajstić information content (AvgIpc) is 3.26. The molecule has 0 aliphatic heterocycles. The predicted molar refractivity (Wildman–Crippen MR) is 266 cm³/mol. The third-order valence-electron chi connectivity index (χ3n) is 13.1. The van der Waals surface area contributed by atoms with Crippen LogP contribution in [0.1, 0.15) is 311 Å². The van der Waals surface area contributed by atoms with Crippen molar-refractivity contribution >= 4 is 17.9 Å². The Morgan fingerprint density at radius 2 is 0.613 bits per heavy atom. The van der Waals surface area contributed by atoms with E-state index in [-0.39, 0.29) is 31.1 Å². The fourth-order valence-corrected chi connectivity index (χ4v) is 8.49. The maximum absolute atomic E-state index is 12.8. The van der Waals surface area contributed by atoms with Gasteiger partial charge in [0.1, 0.15) is 13.2 Å². The fraction of sp³-hybridized carbons (Fsp3) is 0.946. The molecule has 0 heterocycles. The maximum atomic E-state index is 12.8. The lowest BCUT2D eigenvalue weighted by molar-refractivity contribution is -0.167. The van der Waals surface area contributed by atoms with Crippen LogP contribution in [-0.2, 0) is 28.6 Å². The number of unbranched alkanes of at least 4 members (excludes halogenated alkanes) is 34. The molecular formula is C56H108O6. The van der Waals surface area contributed by atoms with Gasteiger partial charge < -0.3 is 14.2 Å². The van der Waals surface area contributed by atoms with E-state index in [1.165, 1.54) is 199 Å². The van der Waals surface area contributed by atoms with E-state index in [1.54, 1.807) is 0 Å². The molecule has 0 aliphatic rings. The summed E-state index contributed by atoms with van der Waals surface area (Å²) in [6.45, 7) is 11.4. The summed E-state index contributed by atoms with van der Waals surface area (Å²) in [4.78, 5) is 38.1. The van der Waals surface area contributed by atoms with Gasteiger partial charge in [-0.3, -0.25) is 14.4 Å². The van der Waals surface area contributed by atoms with E-state index < -0.39 is 6.10 Å². The highest BCUT2D eigenvalue weighted by atomic mass is 16.6. The summed E-state index contributed by atoms with van der Waals surface area (Å²) in [5.41, 5.74) is 0. The molecule has 0 aromatic heterocycles. The Kier molecular flexibility index (Phi) is 47.6. The zero-order valence-electron chi connectivity index (χ0n) is 42.5. The third kappa shape index (κ3) is 47.9. The molecule has 0 amide bonds. The minimum atomic E-state index is -0.762. The van der Waals surface area contributed by atoms with Gasteiger partial charge in [0.2, 0.25) is 0 Å². The van der Waals surface area contributed by atoms with Crippen molar-refractivity contribution in [3.8, 4) is 0 Å².